The molecule has 0 radical (unpaired) electrons. The highest BCUT2D eigenvalue weighted by Gasteiger charge is 2.17. The van der Waals surface area contributed by atoms with Gasteiger partial charge in [0, 0.05) is 42.4 Å². The zero-order valence-corrected chi connectivity index (χ0v) is 27.9. The van der Waals surface area contributed by atoms with E-state index < -0.39 is 6.04 Å². The quantitative estimate of drug-likeness (QED) is 0.171. The van der Waals surface area contributed by atoms with Crippen LogP contribution in [0.25, 0.3) is 98.1 Å². The van der Waals surface area contributed by atoms with Crippen molar-refractivity contribution in [3.8, 4) is 56.4 Å². The Kier molecular flexibility index (Phi) is 5.85. The van der Waals surface area contributed by atoms with Gasteiger partial charge in [0.2, 0.25) is 0 Å². The van der Waals surface area contributed by atoms with Gasteiger partial charge in [-0.25, -0.2) is 15.0 Å². The van der Waals surface area contributed by atoms with Gasteiger partial charge in [0.1, 0.15) is 0 Å². The molecule has 0 saturated heterocycles. The molecule has 0 aliphatic heterocycles. The van der Waals surface area contributed by atoms with E-state index >= 15 is 0 Å². The second kappa shape index (κ2) is 12.1. The van der Waals surface area contributed by atoms with E-state index in [0.717, 1.165) is 58.8 Å². The highest BCUT2D eigenvalue weighted by atomic mass is 32.1. The minimum Gasteiger partial charge on any atom is -0.208 e. The molecule has 0 bridgehead atoms. The summed E-state index contributed by atoms with van der Waals surface area (Å²) in [7, 11) is 0. The van der Waals surface area contributed by atoms with E-state index in [-0.39, 0.29) is 29.7 Å². The van der Waals surface area contributed by atoms with Gasteiger partial charge < -0.3 is 0 Å². The minimum absolute atomic E-state index is 0.184. The average Bonchev–Trinajstić information content (AvgIpc) is 3.63. The van der Waals surface area contributed by atoms with E-state index in [9.17, 15) is 0 Å². The Labute approximate surface area is 306 Å². The molecule has 0 aliphatic rings. The van der Waals surface area contributed by atoms with Crippen LogP contribution in [0.2, 0.25) is 0 Å². The molecule has 51 heavy (non-hydrogen) atoms. The summed E-state index contributed by atoms with van der Waals surface area (Å²) in [4.78, 5) is 15.1. The Hall–Kier alpha value is -6.49. The normalized spacial score (nSPS) is 12.9. The molecule has 4 heteroatoms. The molecule has 0 unspecified atom stereocenters. The van der Waals surface area contributed by atoms with Crippen LogP contribution < -0.4 is 0 Å². The molecule has 2 heterocycles. The third-order valence-electron chi connectivity index (χ3n) is 9.38. The number of benzene rings is 8. The lowest BCUT2D eigenvalue weighted by molar-refractivity contribution is 1.08. The SMILES string of the molecule is [2H]c1c([2H])c([2H])c(-c2cc(-c3ccccc3)cc3c2sc2cc(-c4nc(-c5ccccc5)nc(-c5ccc6c(ccc7ccccc76)c5)n4)ccc23)c([2H])c1[2H]. The molecule has 2 aromatic heterocycles. The van der Waals surface area contributed by atoms with Crippen LogP contribution in [0.5, 0.6) is 0 Å². The van der Waals surface area contributed by atoms with Crippen molar-refractivity contribution in [3.63, 3.8) is 0 Å². The lowest BCUT2D eigenvalue weighted by Crippen LogP contribution is -2.00. The summed E-state index contributed by atoms with van der Waals surface area (Å²) < 4.78 is 44.7. The van der Waals surface area contributed by atoms with Crippen molar-refractivity contribution >= 4 is 53.1 Å². The van der Waals surface area contributed by atoms with Crippen molar-refractivity contribution in [2.24, 2.45) is 0 Å². The Bertz CT molecular complexity index is 3170. The maximum absolute atomic E-state index is 8.88. The van der Waals surface area contributed by atoms with Crippen molar-refractivity contribution < 1.29 is 6.85 Å². The summed E-state index contributed by atoms with van der Waals surface area (Å²) in [5.41, 5.74) is 5.21. The largest absolute Gasteiger partial charge is 0.208 e. The van der Waals surface area contributed by atoms with E-state index in [0.29, 0.717) is 23.0 Å². The van der Waals surface area contributed by atoms with E-state index in [1.165, 1.54) is 22.1 Å². The first-order valence-corrected chi connectivity index (χ1v) is 17.5. The van der Waals surface area contributed by atoms with Gasteiger partial charge in [-0.1, -0.05) is 152 Å². The van der Waals surface area contributed by atoms with Gasteiger partial charge in [-0.05, 0) is 62.5 Å². The van der Waals surface area contributed by atoms with E-state index in [1.54, 1.807) is 0 Å². The Morgan fingerprint density at radius 2 is 1.00 bits per heavy atom. The van der Waals surface area contributed by atoms with Crippen molar-refractivity contribution in [1.29, 1.82) is 0 Å². The molecule has 10 aromatic rings. The molecular formula is C47H29N3S. The van der Waals surface area contributed by atoms with Crippen LogP contribution in [-0.4, -0.2) is 15.0 Å². The molecule has 0 fully saturated rings. The number of hydrogen-bond acceptors (Lipinski definition) is 4. The van der Waals surface area contributed by atoms with Gasteiger partial charge in [-0.3, -0.25) is 0 Å². The molecule has 3 nitrogen and oxygen atoms in total. The van der Waals surface area contributed by atoms with Crippen LogP contribution in [0.3, 0.4) is 0 Å². The lowest BCUT2D eigenvalue weighted by atomic mass is 9.96. The third kappa shape index (κ3) is 5.25. The number of fused-ring (bicyclic) bond motifs is 6. The van der Waals surface area contributed by atoms with Crippen LogP contribution in [-0.2, 0) is 0 Å². The van der Waals surface area contributed by atoms with Crippen molar-refractivity contribution in [1.82, 2.24) is 15.0 Å². The van der Waals surface area contributed by atoms with Gasteiger partial charge in [-0.15, -0.1) is 11.3 Å². The molecule has 0 spiro atoms. The smallest absolute Gasteiger partial charge is 0.164 e. The summed E-state index contributed by atoms with van der Waals surface area (Å²) in [6.45, 7) is 0. The molecule has 0 saturated carbocycles. The first-order chi connectivity index (χ1) is 27.3. The number of nitrogens with zero attached hydrogens (tertiary/aromatic N) is 3. The molecule has 0 amide bonds. The highest BCUT2D eigenvalue weighted by molar-refractivity contribution is 7.26. The van der Waals surface area contributed by atoms with E-state index in [4.69, 9.17) is 21.8 Å². The first kappa shape index (κ1) is 24.6. The van der Waals surface area contributed by atoms with E-state index in [2.05, 4.69) is 72.8 Å². The van der Waals surface area contributed by atoms with Crippen molar-refractivity contribution in [2.45, 2.75) is 0 Å². The maximum Gasteiger partial charge on any atom is 0.164 e. The molecule has 0 N–H and O–H groups in total. The minimum atomic E-state index is -0.413. The maximum atomic E-state index is 8.88. The molecule has 0 atom stereocenters. The van der Waals surface area contributed by atoms with Gasteiger partial charge in [0.15, 0.2) is 17.5 Å². The molecular weight excluding hydrogens is 639 g/mol. The number of rotatable bonds is 5. The summed E-state index contributed by atoms with van der Waals surface area (Å²) >= 11 is 1.53. The van der Waals surface area contributed by atoms with E-state index in [1.807, 2.05) is 72.8 Å². The second-order valence-corrected chi connectivity index (χ2v) is 13.5. The fourth-order valence-corrected chi connectivity index (χ4v) is 8.13. The third-order valence-corrected chi connectivity index (χ3v) is 10.6. The van der Waals surface area contributed by atoms with Crippen LogP contribution in [0, 0.1) is 0 Å². The van der Waals surface area contributed by atoms with Crippen LogP contribution >= 0.6 is 11.3 Å². The van der Waals surface area contributed by atoms with Crippen LogP contribution in [0.15, 0.2) is 176 Å². The Morgan fingerprint density at radius 1 is 0.392 bits per heavy atom. The topological polar surface area (TPSA) is 38.7 Å². The monoisotopic (exact) mass is 672 g/mol. The van der Waals surface area contributed by atoms with Gasteiger partial charge >= 0.3 is 0 Å². The summed E-state index contributed by atoms with van der Waals surface area (Å²) in [6.07, 6.45) is 0. The number of thiophene rings is 1. The zero-order valence-electron chi connectivity index (χ0n) is 32.1. The highest BCUT2D eigenvalue weighted by Crippen LogP contribution is 2.44. The molecule has 0 aliphatic carbocycles. The second-order valence-electron chi connectivity index (χ2n) is 12.5. The summed E-state index contributed by atoms with van der Waals surface area (Å²) in [5.74, 6) is 1.66. The number of hydrogen-bond donors (Lipinski definition) is 0. The molecule has 238 valence electrons. The zero-order chi connectivity index (χ0) is 38.1. The fourth-order valence-electron chi connectivity index (χ4n) is 6.89. The van der Waals surface area contributed by atoms with Gasteiger partial charge in [-0.2, -0.15) is 0 Å². The lowest BCUT2D eigenvalue weighted by Gasteiger charge is -2.10. The van der Waals surface area contributed by atoms with Gasteiger partial charge in [0.25, 0.3) is 0 Å². The number of aromatic nitrogens is 3. The predicted molar refractivity (Wildman–Crippen MR) is 215 cm³/mol. The van der Waals surface area contributed by atoms with Crippen molar-refractivity contribution in [2.75, 3.05) is 0 Å². The predicted octanol–water partition coefficient (Wildman–Crippen LogP) is 12.9. The van der Waals surface area contributed by atoms with Crippen LogP contribution in [0.1, 0.15) is 6.85 Å². The van der Waals surface area contributed by atoms with Crippen LogP contribution in [0.4, 0.5) is 0 Å². The van der Waals surface area contributed by atoms with Crippen molar-refractivity contribution in [3.05, 3.63) is 176 Å². The Morgan fingerprint density at radius 3 is 1.76 bits per heavy atom. The summed E-state index contributed by atoms with van der Waals surface area (Å²) in [5, 5.41) is 6.57. The van der Waals surface area contributed by atoms with Gasteiger partial charge in [0.05, 0.1) is 6.85 Å². The average molecular weight is 673 g/mol. The first-order valence-electron chi connectivity index (χ1n) is 19.2. The Balaban J connectivity index is 1.18. The molecule has 10 rings (SSSR count). The molecule has 8 aromatic carbocycles. The standard InChI is InChI=1S/C47H29N3S/c1-4-12-30(13-5-1)37-27-41(31-14-6-2-7-15-31)44-42(28-37)40-25-23-36(29-43(40)51-44)47-49-45(33-17-8-3-9-18-33)48-46(50-47)35-22-24-39-34(26-35)21-20-32-16-10-11-19-38(32)39/h1-29H/i2D,6D,7D,14D,15D. The fraction of sp³-hybridized carbons (Fsp3) is 0. The summed E-state index contributed by atoms with van der Waals surface area (Å²) in [6, 6.07) is 47.5.